The van der Waals surface area contributed by atoms with Crippen LogP contribution < -0.4 is 5.19 Å². The molecule has 0 aromatic heterocycles. The van der Waals surface area contributed by atoms with Crippen molar-refractivity contribution in [3.05, 3.63) is 29.6 Å². The number of ether oxygens (including phenoxy) is 1. The Balaban J connectivity index is 3.58. The van der Waals surface area contributed by atoms with Crippen molar-refractivity contribution in [3.8, 4) is 0 Å². The number of rotatable bonds is 6. The molecule has 0 saturated carbocycles. The number of benzene rings is 1. The van der Waals surface area contributed by atoms with Crippen LogP contribution in [0.3, 0.4) is 0 Å². The fraction of sp³-hybridized carbons (Fsp3) is 0.611. The first-order valence-corrected chi connectivity index (χ1v) is 10.8. The van der Waals surface area contributed by atoms with Crippen molar-refractivity contribution in [3.63, 3.8) is 0 Å². The Kier molecular flexibility index (Phi) is 6.75. The lowest BCUT2D eigenvalue weighted by Crippen LogP contribution is -2.57. The maximum Gasteiger partial charge on any atom is 0.194 e. The predicted molar refractivity (Wildman–Crippen MR) is 100 cm³/mol. The van der Waals surface area contributed by atoms with Crippen LogP contribution in [0.1, 0.15) is 54.0 Å². The average molecular weight is 341 g/mol. The molecule has 4 heteroatoms. The monoisotopic (exact) mass is 340 g/mol. The molecule has 0 bridgehead atoms. The van der Waals surface area contributed by atoms with Gasteiger partial charge in [0.15, 0.2) is 5.05 Å². The van der Waals surface area contributed by atoms with Gasteiger partial charge in [-0.1, -0.05) is 53.7 Å². The molecule has 1 aromatic rings. The second-order valence-electron chi connectivity index (χ2n) is 6.78. The highest BCUT2D eigenvalue weighted by Crippen LogP contribution is 2.41. The molecule has 0 unspecified atom stereocenters. The van der Waals surface area contributed by atoms with Crippen molar-refractivity contribution in [1.82, 2.24) is 0 Å². The number of hydrogen-bond donors (Lipinski definition) is 0. The Bertz CT molecular complexity index is 504. The van der Waals surface area contributed by atoms with Gasteiger partial charge in [-0.3, -0.25) is 0 Å². The largest absolute Gasteiger partial charge is 0.483 e. The molecule has 0 heterocycles. The third-order valence-electron chi connectivity index (χ3n) is 4.83. The normalized spacial score (nSPS) is 12.3. The van der Waals surface area contributed by atoms with Crippen molar-refractivity contribution in [1.29, 1.82) is 0 Å². The van der Waals surface area contributed by atoms with Crippen LogP contribution in [0.15, 0.2) is 18.2 Å². The summed E-state index contributed by atoms with van der Waals surface area (Å²) in [7, 11) is -2.04. The van der Waals surface area contributed by atoms with Gasteiger partial charge in [-0.2, -0.15) is 0 Å². The van der Waals surface area contributed by atoms with E-state index in [2.05, 4.69) is 41.5 Å². The molecule has 0 radical (unpaired) electrons. The summed E-state index contributed by atoms with van der Waals surface area (Å²) in [6.45, 7) is 15.7. The van der Waals surface area contributed by atoms with Crippen LogP contribution in [-0.4, -0.2) is 19.7 Å². The van der Waals surface area contributed by atoms with Crippen LogP contribution in [0.4, 0.5) is 4.39 Å². The highest BCUT2D eigenvalue weighted by atomic mass is 32.1. The minimum Gasteiger partial charge on any atom is -0.483 e. The van der Waals surface area contributed by atoms with E-state index >= 15 is 4.39 Å². The molecule has 22 heavy (non-hydrogen) atoms. The fourth-order valence-corrected chi connectivity index (χ4v) is 11.2. The third-order valence-corrected chi connectivity index (χ3v) is 12.2. The Hall–Kier alpha value is -0.743. The zero-order valence-corrected chi connectivity index (χ0v) is 16.7. The van der Waals surface area contributed by atoms with Crippen LogP contribution in [0.25, 0.3) is 0 Å². The summed E-state index contributed by atoms with van der Waals surface area (Å²) in [5.41, 5.74) is 1.81. The summed E-state index contributed by atoms with van der Waals surface area (Å²) in [6, 6.07) is 5.63. The van der Waals surface area contributed by atoms with E-state index in [1.54, 1.807) is 6.07 Å². The van der Waals surface area contributed by atoms with E-state index < -0.39 is 8.07 Å². The van der Waals surface area contributed by atoms with Crippen molar-refractivity contribution in [2.45, 2.75) is 65.1 Å². The van der Waals surface area contributed by atoms with Crippen LogP contribution in [0.5, 0.6) is 0 Å². The summed E-state index contributed by atoms with van der Waals surface area (Å²) in [6.07, 6.45) is 0. The molecule has 0 aliphatic rings. The molecule has 0 aliphatic carbocycles. The van der Waals surface area contributed by atoms with Crippen molar-refractivity contribution in [2.75, 3.05) is 6.61 Å². The van der Waals surface area contributed by atoms with Crippen LogP contribution >= 0.6 is 12.2 Å². The third kappa shape index (κ3) is 3.28. The maximum absolute atomic E-state index is 15.3. The van der Waals surface area contributed by atoms with Gasteiger partial charge in [0.05, 0.1) is 20.2 Å². The topological polar surface area (TPSA) is 9.23 Å². The quantitative estimate of drug-likeness (QED) is 0.505. The molecule has 0 aliphatic heterocycles. The molecule has 0 atom stereocenters. The van der Waals surface area contributed by atoms with Gasteiger partial charge in [0.25, 0.3) is 0 Å². The average Bonchev–Trinajstić information content (AvgIpc) is 2.40. The van der Waals surface area contributed by atoms with Gasteiger partial charge in [-0.05, 0) is 47.0 Å². The summed E-state index contributed by atoms with van der Waals surface area (Å²) in [5.74, 6) is -0.163. The van der Waals surface area contributed by atoms with Gasteiger partial charge in [0.2, 0.25) is 0 Å². The zero-order valence-electron chi connectivity index (χ0n) is 14.9. The molecule has 0 N–H and O–H groups in total. The SMILES string of the molecule is CCOC(=S)c1cccc([Si](C(C)C)(C(C)C)C(C)C)c1F. The molecular weight excluding hydrogens is 311 g/mol. The van der Waals surface area contributed by atoms with Gasteiger partial charge < -0.3 is 4.74 Å². The maximum atomic E-state index is 15.3. The van der Waals surface area contributed by atoms with E-state index in [9.17, 15) is 0 Å². The molecule has 1 rings (SSSR count). The van der Waals surface area contributed by atoms with E-state index in [0.717, 1.165) is 5.19 Å². The second kappa shape index (κ2) is 7.69. The van der Waals surface area contributed by atoms with Gasteiger partial charge in [0, 0.05) is 0 Å². The summed E-state index contributed by atoms with van der Waals surface area (Å²) in [4.78, 5) is 0. The van der Waals surface area contributed by atoms with Crippen molar-refractivity contribution < 1.29 is 9.13 Å². The highest BCUT2D eigenvalue weighted by Gasteiger charge is 2.46. The van der Waals surface area contributed by atoms with Gasteiger partial charge in [0.1, 0.15) is 5.82 Å². The first-order chi connectivity index (χ1) is 10.2. The van der Waals surface area contributed by atoms with Crippen LogP contribution in [0.2, 0.25) is 16.6 Å². The molecule has 0 fully saturated rings. The minimum atomic E-state index is -2.04. The fourth-order valence-electron chi connectivity index (χ4n) is 4.17. The molecule has 1 nitrogen and oxygen atoms in total. The van der Waals surface area contributed by atoms with Gasteiger partial charge in [-0.15, -0.1) is 0 Å². The summed E-state index contributed by atoms with van der Waals surface area (Å²) in [5, 5.41) is 1.16. The lowest BCUT2D eigenvalue weighted by Gasteiger charge is -2.44. The van der Waals surface area contributed by atoms with Crippen LogP contribution in [0, 0.1) is 5.82 Å². The molecule has 124 valence electrons. The minimum absolute atomic E-state index is 0.163. The first-order valence-electron chi connectivity index (χ1n) is 8.17. The Morgan fingerprint density at radius 1 is 1.09 bits per heavy atom. The summed E-state index contributed by atoms with van der Waals surface area (Å²) >= 11 is 5.24. The molecule has 0 amide bonds. The lowest BCUT2D eigenvalue weighted by molar-refractivity contribution is 0.336. The Labute approximate surface area is 141 Å². The lowest BCUT2D eigenvalue weighted by atomic mass is 10.2. The second-order valence-corrected chi connectivity index (χ2v) is 13.0. The Morgan fingerprint density at radius 3 is 2.00 bits per heavy atom. The van der Waals surface area contributed by atoms with Crippen molar-refractivity contribution in [2.24, 2.45) is 0 Å². The first kappa shape index (κ1) is 19.3. The summed E-state index contributed by atoms with van der Waals surface area (Å²) < 4.78 is 20.7. The molecule has 0 saturated heterocycles. The predicted octanol–water partition coefficient (Wildman–Crippen LogP) is 5.42. The highest BCUT2D eigenvalue weighted by molar-refractivity contribution is 7.80. The van der Waals surface area contributed by atoms with Gasteiger partial charge in [-0.25, -0.2) is 4.39 Å². The zero-order chi connectivity index (χ0) is 17.1. The number of thiocarbonyl (C=S) groups is 1. The molecule has 1 aromatic carbocycles. The van der Waals surface area contributed by atoms with E-state index in [-0.39, 0.29) is 10.9 Å². The van der Waals surface area contributed by atoms with E-state index in [1.165, 1.54) is 0 Å². The van der Waals surface area contributed by atoms with E-state index in [4.69, 9.17) is 17.0 Å². The Morgan fingerprint density at radius 2 is 1.59 bits per heavy atom. The smallest absolute Gasteiger partial charge is 0.194 e. The van der Waals surface area contributed by atoms with Gasteiger partial charge >= 0.3 is 0 Å². The standard InChI is InChI=1S/C18H29FOSSi/c1-8-20-18(21)15-10-9-11-16(17(15)19)22(12(2)3,13(4)5)14(6)7/h9-14H,8H2,1-7H3. The molecule has 0 spiro atoms. The van der Waals surface area contributed by atoms with E-state index in [0.29, 0.717) is 28.8 Å². The number of hydrogen-bond acceptors (Lipinski definition) is 2. The van der Waals surface area contributed by atoms with Crippen LogP contribution in [-0.2, 0) is 4.74 Å². The number of halogens is 1. The van der Waals surface area contributed by atoms with Crippen molar-refractivity contribution >= 4 is 30.5 Å². The molecular formula is C18H29FOSSi. The van der Waals surface area contributed by atoms with E-state index in [1.807, 2.05) is 19.1 Å².